The second-order valence-corrected chi connectivity index (χ2v) is 10.4. The van der Waals surface area contributed by atoms with E-state index in [1.807, 2.05) is 23.7 Å². The second kappa shape index (κ2) is 12.7. The summed E-state index contributed by atoms with van der Waals surface area (Å²) in [6.45, 7) is 6.52. The molecule has 8 nitrogen and oxygen atoms in total. The molecule has 0 bridgehead atoms. The maximum Gasteiger partial charge on any atom is 0.338 e. The Morgan fingerprint density at radius 1 is 1.15 bits per heavy atom. The fourth-order valence-electron chi connectivity index (χ4n) is 5.06. The molecule has 10 heteroatoms. The lowest BCUT2D eigenvalue weighted by Gasteiger charge is -2.31. The van der Waals surface area contributed by atoms with Crippen LogP contribution in [0, 0.1) is 5.82 Å². The Morgan fingerprint density at radius 3 is 2.68 bits per heavy atom. The molecule has 1 aliphatic heterocycles. The fourth-order valence-corrected chi connectivity index (χ4v) is 5.21. The number of benzene rings is 2. The molecule has 214 valence electrons. The molecule has 1 saturated heterocycles. The smallest absolute Gasteiger partial charge is 0.338 e. The molecular formula is C31H32ClFN4O4. The van der Waals surface area contributed by atoms with Crippen LogP contribution in [0.4, 0.5) is 4.39 Å². The first-order valence-corrected chi connectivity index (χ1v) is 13.8. The highest BCUT2D eigenvalue weighted by Gasteiger charge is 2.24. The van der Waals surface area contributed by atoms with E-state index in [2.05, 4.69) is 11.5 Å². The Bertz CT molecular complexity index is 1570. The monoisotopic (exact) mass is 578 g/mol. The van der Waals surface area contributed by atoms with Gasteiger partial charge in [-0.3, -0.25) is 4.90 Å². The summed E-state index contributed by atoms with van der Waals surface area (Å²) in [4.78, 5) is 24.2. The Morgan fingerprint density at radius 2 is 1.95 bits per heavy atom. The zero-order valence-corrected chi connectivity index (χ0v) is 23.9. The van der Waals surface area contributed by atoms with Crippen molar-refractivity contribution >= 4 is 28.6 Å². The molecule has 2 aromatic carbocycles. The zero-order chi connectivity index (χ0) is 28.9. The van der Waals surface area contributed by atoms with Crippen molar-refractivity contribution in [2.24, 2.45) is 7.05 Å². The maximum atomic E-state index is 14.1. The molecule has 1 fully saturated rings. The van der Waals surface area contributed by atoms with Crippen molar-refractivity contribution in [1.29, 1.82) is 0 Å². The average molecular weight is 579 g/mol. The van der Waals surface area contributed by atoms with Crippen molar-refractivity contribution in [3.63, 3.8) is 0 Å². The topological polar surface area (TPSA) is 78.7 Å². The highest BCUT2D eigenvalue weighted by atomic mass is 35.5. The van der Waals surface area contributed by atoms with Crippen molar-refractivity contribution < 1.29 is 23.4 Å². The summed E-state index contributed by atoms with van der Waals surface area (Å²) >= 11 is 5.84. The number of imidazole rings is 1. The zero-order valence-electron chi connectivity index (χ0n) is 23.1. The molecule has 0 radical (unpaired) electrons. The van der Waals surface area contributed by atoms with Crippen LogP contribution in [0.15, 0.2) is 61.2 Å². The van der Waals surface area contributed by atoms with Crippen molar-refractivity contribution in [2.75, 3.05) is 26.8 Å². The lowest BCUT2D eigenvalue weighted by Crippen LogP contribution is -2.33. The molecule has 0 N–H and O–H groups in total. The molecular weight excluding hydrogens is 547 g/mol. The van der Waals surface area contributed by atoms with Crippen LogP contribution in [-0.4, -0.2) is 52.2 Å². The lowest BCUT2D eigenvalue weighted by atomic mass is 9.93. The van der Waals surface area contributed by atoms with Gasteiger partial charge in [0, 0.05) is 35.3 Å². The minimum Gasteiger partial charge on any atom is -0.487 e. The van der Waals surface area contributed by atoms with Gasteiger partial charge in [-0.2, -0.15) is 0 Å². The predicted molar refractivity (Wildman–Crippen MR) is 155 cm³/mol. The highest BCUT2D eigenvalue weighted by Crippen LogP contribution is 2.31. The first-order valence-electron chi connectivity index (χ1n) is 13.4. The quantitative estimate of drug-likeness (QED) is 0.167. The fraction of sp³-hybridized carbons (Fsp3) is 0.323. The number of hydrogen-bond acceptors (Lipinski definition) is 7. The largest absolute Gasteiger partial charge is 0.487 e. The minimum absolute atomic E-state index is 0.0807. The van der Waals surface area contributed by atoms with Crippen LogP contribution >= 0.6 is 11.6 Å². The van der Waals surface area contributed by atoms with Crippen LogP contribution in [0.1, 0.15) is 46.2 Å². The van der Waals surface area contributed by atoms with Crippen LogP contribution in [0.3, 0.4) is 0 Å². The Kier molecular flexibility index (Phi) is 8.85. The van der Waals surface area contributed by atoms with Gasteiger partial charge in [0.2, 0.25) is 5.88 Å². The van der Waals surface area contributed by atoms with E-state index < -0.39 is 11.8 Å². The van der Waals surface area contributed by atoms with Gasteiger partial charge in [0.15, 0.2) is 0 Å². The van der Waals surface area contributed by atoms with Gasteiger partial charge in [-0.1, -0.05) is 36.4 Å². The number of hydrogen-bond donors (Lipinski definition) is 0. The molecule has 0 unspecified atom stereocenters. The molecule has 0 atom stereocenters. The molecule has 4 aromatic rings. The van der Waals surface area contributed by atoms with E-state index in [4.69, 9.17) is 35.8 Å². The lowest BCUT2D eigenvalue weighted by molar-refractivity contribution is 0.0600. The number of esters is 1. The van der Waals surface area contributed by atoms with Crippen molar-refractivity contribution in [3.05, 3.63) is 94.7 Å². The standard InChI is InChI=1S/C31H32ClFN4O4/c1-4-14-40-27-16-22(31(38)39-3)15-26-30(27)35-28(36(26)2)18-37-12-10-20(11-13-37)25-6-5-7-29(34-25)41-19-21-8-9-23(32)17-24(21)33/h4-9,15-17,20H,1,10-14,18-19H2,2-3H3. The van der Waals surface area contributed by atoms with Crippen molar-refractivity contribution in [2.45, 2.75) is 31.9 Å². The first-order chi connectivity index (χ1) is 19.9. The highest BCUT2D eigenvalue weighted by molar-refractivity contribution is 6.30. The molecule has 0 amide bonds. The number of carbonyl (C=O) groups excluding carboxylic acids is 1. The number of pyridine rings is 1. The first kappa shape index (κ1) is 28.6. The van der Waals surface area contributed by atoms with Gasteiger partial charge in [0.25, 0.3) is 0 Å². The van der Waals surface area contributed by atoms with E-state index in [1.54, 1.807) is 36.4 Å². The Labute approximate surface area is 243 Å². The van der Waals surface area contributed by atoms with Crippen LogP contribution in [-0.2, 0) is 24.9 Å². The molecule has 1 aliphatic rings. The number of rotatable bonds is 10. The predicted octanol–water partition coefficient (Wildman–Crippen LogP) is 6.07. The van der Waals surface area contributed by atoms with E-state index in [9.17, 15) is 9.18 Å². The molecule has 41 heavy (non-hydrogen) atoms. The Balaban J connectivity index is 1.24. The number of nitrogens with zero attached hydrogens (tertiary/aromatic N) is 4. The number of halogens is 2. The molecule has 0 saturated carbocycles. The Hall–Kier alpha value is -3.95. The van der Waals surface area contributed by atoms with Gasteiger partial charge in [-0.25, -0.2) is 19.2 Å². The minimum atomic E-state index is -0.430. The maximum absolute atomic E-state index is 14.1. The number of aromatic nitrogens is 3. The third kappa shape index (κ3) is 6.52. The van der Waals surface area contributed by atoms with Gasteiger partial charge in [-0.15, -0.1) is 0 Å². The third-order valence-electron chi connectivity index (χ3n) is 7.33. The number of likely N-dealkylation sites (tertiary alicyclic amines) is 1. The summed E-state index contributed by atoms with van der Waals surface area (Å²) in [5.41, 5.74) is 3.31. The normalized spacial score (nSPS) is 14.2. The summed E-state index contributed by atoms with van der Waals surface area (Å²) < 4.78 is 32.7. The van der Waals surface area contributed by atoms with Gasteiger partial charge in [-0.05, 0) is 56.3 Å². The average Bonchev–Trinajstić information content (AvgIpc) is 3.30. The summed E-state index contributed by atoms with van der Waals surface area (Å²) in [7, 11) is 3.30. The molecule has 0 aliphatic carbocycles. The van der Waals surface area contributed by atoms with Gasteiger partial charge < -0.3 is 18.8 Å². The van der Waals surface area contributed by atoms with Crippen LogP contribution in [0.25, 0.3) is 11.0 Å². The van der Waals surface area contributed by atoms with E-state index >= 15 is 0 Å². The molecule has 5 rings (SSSR count). The summed E-state index contributed by atoms with van der Waals surface area (Å²) in [5.74, 6) is 1.34. The molecule has 0 spiro atoms. The second-order valence-electron chi connectivity index (χ2n) is 10.00. The van der Waals surface area contributed by atoms with Gasteiger partial charge >= 0.3 is 5.97 Å². The summed E-state index contributed by atoms with van der Waals surface area (Å²) in [5, 5.41) is 0.351. The van der Waals surface area contributed by atoms with Crippen LogP contribution in [0.5, 0.6) is 11.6 Å². The number of aryl methyl sites for hydroxylation is 1. The summed E-state index contributed by atoms with van der Waals surface area (Å²) in [6.07, 6.45) is 3.53. The van der Waals surface area contributed by atoms with E-state index in [1.165, 1.54) is 13.2 Å². The molecule has 3 heterocycles. The van der Waals surface area contributed by atoms with Crippen LogP contribution in [0.2, 0.25) is 5.02 Å². The van der Waals surface area contributed by atoms with E-state index in [-0.39, 0.29) is 6.61 Å². The summed E-state index contributed by atoms with van der Waals surface area (Å²) in [6, 6.07) is 13.7. The molecule has 2 aromatic heterocycles. The van der Waals surface area contributed by atoms with Crippen molar-refractivity contribution in [1.82, 2.24) is 19.4 Å². The van der Waals surface area contributed by atoms with Gasteiger partial charge in [0.05, 0.1) is 24.7 Å². The number of ether oxygens (including phenoxy) is 3. The van der Waals surface area contributed by atoms with Gasteiger partial charge in [0.1, 0.15) is 36.1 Å². The number of fused-ring (bicyclic) bond motifs is 1. The van der Waals surface area contributed by atoms with Crippen LogP contribution < -0.4 is 9.47 Å². The van der Waals surface area contributed by atoms with E-state index in [0.717, 1.165) is 43.0 Å². The number of methoxy groups -OCH3 is 1. The third-order valence-corrected chi connectivity index (χ3v) is 7.56. The van der Waals surface area contributed by atoms with E-state index in [0.29, 0.717) is 52.4 Å². The number of piperidine rings is 1. The SMILES string of the molecule is C=CCOc1cc(C(=O)OC)cc2c1nc(CN1CCC(c3cccc(OCc4ccc(Cl)cc4F)n3)CC1)n2C. The van der Waals surface area contributed by atoms with Crippen molar-refractivity contribution in [3.8, 4) is 11.6 Å². The number of carbonyl (C=O) groups is 1.